The predicted molar refractivity (Wildman–Crippen MR) is 85.2 cm³/mol. The van der Waals surface area contributed by atoms with Gasteiger partial charge in [0, 0.05) is 11.4 Å². The van der Waals surface area contributed by atoms with E-state index in [0.717, 1.165) is 10.2 Å². The highest BCUT2D eigenvalue weighted by Gasteiger charge is 2.13. The number of aromatic amines is 1. The molecule has 9 heteroatoms. The van der Waals surface area contributed by atoms with Gasteiger partial charge in [-0.1, -0.05) is 23.4 Å². The molecule has 0 bridgehead atoms. The van der Waals surface area contributed by atoms with Gasteiger partial charge in [-0.2, -0.15) is 0 Å². The molecule has 110 valence electrons. The van der Waals surface area contributed by atoms with E-state index < -0.39 is 0 Å². The Kier molecular flexibility index (Phi) is 4.01. The number of thioether (sulfide) groups is 1. The average molecular weight is 342 g/mol. The smallest absolute Gasteiger partial charge is 0.268 e. The van der Waals surface area contributed by atoms with Crippen LogP contribution >= 0.6 is 34.7 Å². The molecule has 0 radical (unpaired) electrons. The maximum absolute atomic E-state index is 11.7. The summed E-state index contributed by atoms with van der Waals surface area (Å²) in [5.74, 6) is 1.13. The molecule has 3 aromatic heterocycles. The van der Waals surface area contributed by atoms with Crippen molar-refractivity contribution in [2.24, 2.45) is 0 Å². The number of rotatable bonds is 4. The van der Waals surface area contributed by atoms with Crippen LogP contribution in [0, 0.1) is 0 Å². The zero-order valence-electron chi connectivity index (χ0n) is 11.3. The van der Waals surface area contributed by atoms with Gasteiger partial charge in [-0.05, 0) is 25.3 Å². The van der Waals surface area contributed by atoms with Crippen LogP contribution in [0.2, 0.25) is 5.15 Å². The lowest BCUT2D eigenvalue weighted by Gasteiger charge is -2.08. The van der Waals surface area contributed by atoms with Crippen LogP contribution in [0.3, 0.4) is 0 Å². The van der Waals surface area contributed by atoms with E-state index in [2.05, 4.69) is 20.2 Å². The van der Waals surface area contributed by atoms with Crippen molar-refractivity contribution in [1.29, 1.82) is 0 Å². The van der Waals surface area contributed by atoms with Crippen molar-refractivity contribution in [2.75, 3.05) is 0 Å². The van der Waals surface area contributed by atoms with E-state index in [1.807, 2.05) is 25.3 Å². The molecule has 3 aromatic rings. The van der Waals surface area contributed by atoms with Crippen molar-refractivity contribution >= 4 is 44.9 Å². The number of halogens is 1. The molecule has 0 amide bonds. The molecule has 1 N–H and O–H groups in total. The molecule has 0 atom stereocenters. The first-order valence-corrected chi connectivity index (χ1v) is 8.50. The Balaban J connectivity index is 1.85. The van der Waals surface area contributed by atoms with Crippen LogP contribution in [0.15, 0.2) is 21.4 Å². The highest BCUT2D eigenvalue weighted by molar-refractivity contribution is 7.98. The second-order valence-corrected chi connectivity index (χ2v) is 6.83. The molecule has 0 spiro atoms. The highest BCUT2D eigenvalue weighted by atomic mass is 35.5. The van der Waals surface area contributed by atoms with E-state index in [-0.39, 0.29) is 11.7 Å². The second-order valence-electron chi connectivity index (χ2n) is 4.63. The van der Waals surface area contributed by atoms with E-state index in [9.17, 15) is 4.79 Å². The summed E-state index contributed by atoms with van der Waals surface area (Å²) in [5, 5.41) is 10.4. The van der Waals surface area contributed by atoms with Crippen molar-refractivity contribution in [3.63, 3.8) is 0 Å². The van der Waals surface area contributed by atoms with Gasteiger partial charge in [0.05, 0.1) is 5.75 Å². The second kappa shape index (κ2) is 5.78. The fourth-order valence-corrected chi connectivity index (χ4v) is 3.92. The molecule has 0 aliphatic carbocycles. The monoisotopic (exact) mass is 341 g/mol. The minimum Gasteiger partial charge on any atom is -0.268 e. The third-order valence-electron chi connectivity index (χ3n) is 2.84. The predicted octanol–water partition coefficient (Wildman–Crippen LogP) is 3.10. The van der Waals surface area contributed by atoms with Crippen molar-refractivity contribution < 1.29 is 0 Å². The Bertz CT molecular complexity index is 838. The highest BCUT2D eigenvalue weighted by Crippen LogP contribution is 2.27. The Morgan fingerprint density at radius 2 is 2.29 bits per heavy atom. The van der Waals surface area contributed by atoms with Crippen LogP contribution in [-0.2, 0) is 5.75 Å². The maximum atomic E-state index is 11.7. The third-order valence-corrected chi connectivity index (χ3v) is 4.89. The van der Waals surface area contributed by atoms with Gasteiger partial charge < -0.3 is 0 Å². The number of nitrogens with one attached hydrogen (secondary N) is 1. The van der Waals surface area contributed by atoms with E-state index in [1.54, 1.807) is 4.57 Å². The van der Waals surface area contributed by atoms with Crippen LogP contribution in [0.1, 0.15) is 25.7 Å². The van der Waals surface area contributed by atoms with Crippen molar-refractivity contribution in [3.05, 3.63) is 32.9 Å². The van der Waals surface area contributed by atoms with Crippen LogP contribution in [0.5, 0.6) is 0 Å². The van der Waals surface area contributed by atoms with Crippen molar-refractivity contribution in [3.8, 4) is 0 Å². The molecule has 6 nitrogen and oxygen atoms in total. The number of thiophene rings is 1. The van der Waals surface area contributed by atoms with E-state index in [0.29, 0.717) is 21.9 Å². The van der Waals surface area contributed by atoms with Gasteiger partial charge in [0.25, 0.3) is 0 Å². The minimum absolute atomic E-state index is 0.0445. The standard InChI is InChI=1S/C12H12ClN5OS2/c1-6(2)18-11(19)16-17-12(18)21-5-8-14-9(13)7-3-4-20-10(7)15-8/h3-4,6H,5H2,1-2H3,(H,16,19). The van der Waals surface area contributed by atoms with Gasteiger partial charge in [0.15, 0.2) is 5.16 Å². The summed E-state index contributed by atoms with van der Waals surface area (Å²) in [7, 11) is 0. The SMILES string of the molecule is CC(C)n1c(SCc2nc(Cl)c3ccsc3n2)n[nH]c1=O. The molecule has 0 saturated heterocycles. The number of nitrogens with zero attached hydrogens (tertiary/aromatic N) is 4. The Labute approximate surface area is 133 Å². The third kappa shape index (κ3) is 2.83. The lowest BCUT2D eigenvalue weighted by atomic mass is 10.4. The van der Waals surface area contributed by atoms with E-state index >= 15 is 0 Å². The lowest BCUT2D eigenvalue weighted by molar-refractivity contribution is 0.534. The first-order chi connectivity index (χ1) is 10.1. The normalized spacial score (nSPS) is 11.6. The average Bonchev–Trinajstić information content (AvgIpc) is 3.02. The summed E-state index contributed by atoms with van der Waals surface area (Å²) in [6.45, 7) is 3.87. The fourth-order valence-electron chi connectivity index (χ4n) is 1.90. The minimum atomic E-state index is -0.208. The van der Waals surface area contributed by atoms with Crippen LogP contribution < -0.4 is 5.69 Å². The number of aromatic nitrogens is 5. The molecular weight excluding hydrogens is 330 g/mol. The Morgan fingerprint density at radius 1 is 1.48 bits per heavy atom. The molecule has 0 saturated carbocycles. The number of hydrogen-bond donors (Lipinski definition) is 1. The topological polar surface area (TPSA) is 76.5 Å². The molecule has 0 unspecified atom stereocenters. The molecule has 0 aliphatic rings. The number of H-pyrrole nitrogens is 1. The van der Waals surface area contributed by atoms with Gasteiger partial charge in [-0.15, -0.1) is 16.4 Å². The van der Waals surface area contributed by atoms with E-state index in [4.69, 9.17) is 11.6 Å². The molecule has 21 heavy (non-hydrogen) atoms. The number of fused-ring (bicyclic) bond motifs is 1. The first kappa shape index (κ1) is 14.6. The largest absolute Gasteiger partial charge is 0.344 e. The summed E-state index contributed by atoms with van der Waals surface area (Å²) in [6.07, 6.45) is 0. The molecule has 3 rings (SSSR count). The van der Waals surface area contributed by atoms with Gasteiger partial charge in [0.2, 0.25) is 0 Å². The zero-order chi connectivity index (χ0) is 15.0. The van der Waals surface area contributed by atoms with Crippen LogP contribution in [0.4, 0.5) is 0 Å². The van der Waals surface area contributed by atoms with E-state index in [1.165, 1.54) is 23.1 Å². The maximum Gasteiger partial charge on any atom is 0.344 e. The van der Waals surface area contributed by atoms with Gasteiger partial charge in [-0.3, -0.25) is 4.57 Å². The molecular formula is C12H12ClN5OS2. The first-order valence-electron chi connectivity index (χ1n) is 6.25. The summed E-state index contributed by atoms with van der Waals surface area (Å²) in [5.41, 5.74) is -0.208. The number of hydrogen-bond acceptors (Lipinski definition) is 6. The van der Waals surface area contributed by atoms with Gasteiger partial charge >= 0.3 is 5.69 Å². The summed E-state index contributed by atoms with van der Waals surface area (Å²) < 4.78 is 1.61. The van der Waals surface area contributed by atoms with Crippen molar-refractivity contribution in [1.82, 2.24) is 24.7 Å². The van der Waals surface area contributed by atoms with Crippen molar-refractivity contribution in [2.45, 2.75) is 30.8 Å². The Morgan fingerprint density at radius 3 is 3.05 bits per heavy atom. The molecule has 3 heterocycles. The van der Waals surface area contributed by atoms with Gasteiger partial charge in [0.1, 0.15) is 15.8 Å². The zero-order valence-corrected chi connectivity index (χ0v) is 13.7. The van der Waals surface area contributed by atoms with Gasteiger partial charge in [-0.25, -0.2) is 19.9 Å². The fraction of sp³-hybridized carbons (Fsp3) is 0.333. The molecule has 0 aliphatic heterocycles. The van der Waals surface area contributed by atoms with Crippen LogP contribution in [0.25, 0.3) is 10.2 Å². The quantitative estimate of drug-likeness (QED) is 0.583. The van der Waals surface area contributed by atoms with Crippen LogP contribution in [-0.4, -0.2) is 24.7 Å². The summed E-state index contributed by atoms with van der Waals surface area (Å²) in [4.78, 5) is 21.3. The lowest BCUT2D eigenvalue weighted by Crippen LogP contribution is -2.19. The summed E-state index contributed by atoms with van der Waals surface area (Å²) in [6, 6.07) is 1.95. The summed E-state index contributed by atoms with van der Waals surface area (Å²) >= 11 is 9.08. The molecule has 0 fully saturated rings. The Hall–Kier alpha value is -1.38. The molecule has 0 aromatic carbocycles.